The van der Waals surface area contributed by atoms with Gasteiger partial charge in [-0.25, -0.2) is 0 Å². The van der Waals surface area contributed by atoms with E-state index < -0.39 is 0 Å². The first-order chi connectivity index (χ1) is 11.3. The first-order valence-electron chi connectivity index (χ1n) is 7.62. The SMILES string of the molecule is OCCOCCc1ccccc1Oc1ccccc1OCCO. The molecular weight excluding hydrogens is 296 g/mol. The first kappa shape index (κ1) is 17.3. The molecule has 0 heterocycles. The molecule has 0 saturated carbocycles. The Balaban J connectivity index is 2.08. The molecule has 0 unspecified atom stereocenters. The zero-order valence-corrected chi connectivity index (χ0v) is 13.0. The maximum absolute atomic E-state index is 8.90. The summed E-state index contributed by atoms with van der Waals surface area (Å²) >= 11 is 0. The van der Waals surface area contributed by atoms with E-state index in [2.05, 4.69) is 0 Å². The molecule has 2 rings (SSSR count). The van der Waals surface area contributed by atoms with Crippen LogP contribution in [0.15, 0.2) is 48.5 Å². The van der Waals surface area contributed by atoms with Crippen molar-refractivity contribution in [2.75, 3.05) is 33.0 Å². The normalized spacial score (nSPS) is 10.5. The highest BCUT2D eigenvalue weighted by Gasteiger charge is 2.09. The lowest BCUT2D eigenvalue weighted by atomic mass is 10.1. The summed E-state index contributed by atoms with van der Waals surface area (Å²) in [4.78, 5) is 0. The second-order valence-electron chi connectivity index (χ2n) is 4.81. The van der Waals surface area contributed by atoms with Crippen LogP contribution in [0.2, 0.25) is 0 Å². The number of aliphatic hydroxyl groups is 2. The Bertz CT molecular complexity index is 585. The van der Waals surface area contributed by atoms with Crippen molar-refractivity contribution in [2.24, 2.45) is 0 Å². The Kier molecular flexibility index (Phi) is 7.39. The minimum atomic E-state index is -0.0485. The van der Waals surface area contributed by atoms with Gasteiger partial charge in [0.1, 0.15) is 12.4 Å². The zero-order valence-electron chi connectivity index (χ0n) is 13.0. The highest BCUT2D eigenvalue weighted by atomic mass is 16.5. The molecule has 2 N–H and O–H groups in total. The summed E-state index contributed by atoms with van der Waals surface area (Å²) in [6.07, 6.45) is 0.690. The van der Waals surface area contributed by atoms with Crippen molar-refractivity contribution >= 4 is 0 Å². The van der Waals surface area contributed by atoms with Gasteiger partial charge >= 0.3 is 0 Å². The van der Waals surface area contributed by atoms with Gasteiger partial charge in [-0.15, -0.1) is 0 Å². The lowest BCUT2D eigenvalue weighted by molar-refractivity contribution is 0.0942. The van der Waals surface area contributed by atoms with E-state index in [1.165, 1.54) is 0 Å². The van der Waals surface area contributed by atoms with E-state index in [4.69, 9.17) is 24.4 Å². The average molecular weight is 318 g/mol. The minimum absolute atomic E-state index is 0.0215. The fourth-order valence-electron chi connectivity index (χ4n) is 2.09. The van der Waals surface area contributed by atoms with Crippen LogP contribution in [0, 0.1) is 0 Å². The predicted octanol–water partition coefficient (Wildman–Crippen LogP) is 2.40. The van der Waals surface area contributed by atoms with Gasteiger partial charge < -0.3 is 24.4 Å². The van der Waals surface area contributed by atoms with Gasteiger partial charge in [-0.05, 0) is 30.2 Å². The van der Waals surface area contributed by atoms with Crippen molar-refractivity contribution in [1.29, 1.82) is 0 Å². The van der Waals surface area contributed by atoms with E-state index in [1.807, 2.05) is 42.5 Å². The van der Waals surface area contributed by atoms with Crippen molar-refractivity contribution in [3.63, 3.8) is 0 Å². The predicted molar refractivity (Wildman–Crippen MR) is 87.1 cm³/mol. The summed E-state index contributed by atoms with van der Waals surface area (Å²) in [6, 6.07) is 15.1. The Morgan fingerprint density at radius 1 is 0.696 bits per heavy atom. The van der Waals surface area contributed by atoms with Gasteiger partial charge in [-0.2, -0.15) is 0 Å². The molecule has 23 heavy (non-hydrogen) atoms. The highest BCUT2D eigenvalue weighted by Crippen LogP contribution is 2.33. The summed E-state index contributed by atoms with van der Waals surface area (Å²) in [5.41, 5.74) is 1.02. The number of hydrogen-bond acceptors (Lipinski definition) is 5. The monoisotopic (exact) mass is 318 g/mol. The van der Waals surface area contributed by atoms with Gasteiger partial charge in [0.05, 0.1) is 26.4 Å². The van der Waals surface area contributed by atoms with Crippen LogP contribution >= 0.6 is 0 Å². The van der Waals surface area contributed by atoms with Gasteiger partial charge in [-0.1, -0.05) is 30.3 Å². The van der Waals surface area contributed by atoms with Crippen molar-refractivity contribution < 1.29 is 24.4 Å². The molecule has 0 aromatic heterocycles. The van der Waals surface area contributed by atoms with Gasteiger partial charge in [0.2, 0.25) is 0 Å². The van der Waals surface area contributed by atoms with E-state index in [1.54, 1.807) is 6.07 Å². The molecule has 5 nitrogen and oxygen atoms in total. The third-order valence-electron chi connectivity index (χ3n) is 3.14. The number of benzene rings is 2. The van der Waals surface area contributed by atoms with Gasteiger partial charge in [-0.3, -0.25) is 0 Å². The molecule has 0 radical (unpaired) electrons. The molecule has 2 aromatic carbocycles. The molecule has 0 aliphatic carbocycles. The van der Waals surface area contributed by atoms with Gasteiger partial charge in [0.25, 0.3) is 0 Å². The summed E-state index contributed by atoms with van der Waals surface area (Å²) in [7, 11) is 0. The molecule has 0 aliphatic heterocycles. The standard InChI is InChI=1S/C18H22O5/c19-10-13-21-12-9-15-5-1-2-6-16(15)23-18-8-4-3-7-17(18)22-14-11-20/h1-8,19-20H,9-14H2. The molecule has 0 spiro atoms. The summed E-state index contributed by atoms with van der Waals surface area (Å²) in [5.74, 6) is 1.93. The molecule has 0 aliphatic rings. The van der Waals surface area contributed by atoms with Crippen LogP contribution in [0.3, 0.4) is 0 Å². The number of rotatable bonds is 10. The zero-order chi connectivity index (χ0) is 16.3. The van der Waals surface area contributed by atoms with Crippen LogP contribution < -0.4 is 9.47 Å². The van der Waals surface area contributed by atoms with Crippen molar-refractivity contribution in [1.82, 2.24) is 0 Å². The maximum atomic E-state index is 8.90. The van der Waals surface area contributed by atoms with E-state index in [-0.39, 0.29) is 19.8 Å². The molecule has 5 heteroatoms. The second kappa shape index (κ2) is 9.84. The third-order valence-corrected chi connectivity index (χ3v) is 3.14. The average Bonchev–Trinajstić information content (AvgIpc) is 2.59. The fourth-order valence-corrected chi connectivity index (χ4v) is 2.09. The van der Waals surface area contributed by atoms with Crippen molar-refractivity contribution in [2.45, 2.75) is 6.42 Å². The van der Waals surface area contributed by atoms with Crippen LogP contribution in [0.1, 0.15) is 5.56 Å². The molecule has 0 saturated heterocycles. The van der Waals surface area contributed by atoms with Crippen LogP contribution in [0.25, 0.3) is 0 Å². The molecule has 0 atom stereocenters. The number of ether oxygens (including phenoxy) is 3. The number of hydrogen-bond donors (Lipinski definition) is 2. The van der Waals surface area contributed by atoms with E-state index in [0.29, 0.717) is 31.1 Å². The lowest BCUT2D eigenvalue weighted by Crippen LogP contribution is -2.05. The van der Waals surface area contributed by atoms with Gasteiger partial charge in [0, 0.05) is 0 Å². The van der Waals surface area contributed by atoms with E-state index >= 15 is 0 Å². The van der Waals surface area contributed by atoms with Gasteiger partial charge in [0.15, 0.2) is 11.5 Å². The summed E-state index contributed by atoms with van der Waals surface area (Å²) in [5, 5.41) is 17.6. The van der Waals surface area contributed by atoms with Crippen LogP contribution in [-0.4, -0.2) is 43.2 Å². The third kappa shape index (κ3) is 5.56. The van der Waals surface area contributed by atoms with Crippen LogP contribution in [0.5, 0.6) is 17.2 Å². The Morgan fingerprint density at radius 2 is 1.35 bits per heavy atom. The summed E-state index contributed by atoms with van der Waals surface area (Å²) < 4.78 is 16.8. The minimum Gasteiger partial charge on any atom is -0.487 e. The summed E-state index contributed by atoms with van der Waals surface area (Å²) in [6.45, 7) is 1.04. The Hall–Kier alpha value is -2.08. The molecule has 124 valence electrons. The van der Waals surface area contributed by atoms with E-state index in [0.717, 1.165) is 11.3 Å². The quantitative estimate of drug-likeness (QED) is 0.658. The molecule has 0 fully saturated rings. The van der Waals surface area contributed by atoms with E-state index in [9.17, 15) is 0 Å². The highest BCUT2D eigenvalue weighted by molar-refractivity contribution is 5.44. The largest absolute Gasteiger partial charge is 0.487 e. The Labute approximate surface area is 136 Å². The number of para-hydroxylation sites is 3. The second-order valence-corrected chi connectivity index (χ2v) is 4.81. The van der Waals surface area contributed by atoms with Crippen molar-refractivity contribution in [3.05, 3.63) is 54.1 Å². The molecular formula is C18H22O5. The maximum Gasteiger partial charge on any atom is 0.169 e. The topological polar surface area (TPSA) is 68.2 Å². The van der Waals surface area contributed by atoms with Crippen LogP contribution in [0.4, 0.5) is 0 Å². The van der Waals surface area contributed by atoms with Crippen LogP contribution in [-0.2, 0) is 11.2 Å². The number of aliphatic hydroxyl groups excluding tert-OH is 2. The molecule has 0 bridgehead atoms. The van der Waals surface area contributed by atoms with Crippen molar-refractivity contribution in [3.8, 4) is 17.2 Å². The fraction of sp³-hybridized carbons (Fsp3) is 0.333. The molecule has 2 aromatic rings. The molecule has 0 amide bonds. The Morgan fingerprint density at radius 3 is 2.09 bits per heavy atom. The smallest absolute Gasteiger partial charge is 0.169 e. The first-order valence-corrected chi connectivity index (χ1v) is 7.62. The lowest BCUT2D eigenvalue weighted by Gasteiger charge is -2.14.